The van der Waals surface area contributed by atoms with Crippen molar-refractivity contribution in [3.8, 4) is 0 Å². The molecule has 0 unspecified atom stereocenters. The van der Waals surface area contributed by atoms with Crippen LogP contribution in [0, 0.1) is 36.5 Å². The van der Waals surface area contributed by atoms with Gasteiger partial charge in [0.15, 0.2) is 0 Å². The van der Waals surface area contributed by atoms with Gasteiger partial charge in [0.25, 0.3) is 0 Å². The summed E-state index contributed by atoms with van der Waals surface area (Å²) < 4.78 is 0. The normalized spacial score (nSPS) is 13.8. The smallest absolute Gasteiger partial charge is 0.171 e. The minimum Gasteiger partial charge on any atom is -0.184 e. The van der Waals surface area contributed by atoms with Crippen LogP contribution in [-0.4, -0.2) is 6.88 Å². The van der Waals surface area contributed by atoms with Gasteiger partial charge in [0, 0.05) is 0 Å². The van der Waals surface area contributed by atoms with Gasteiger partial charge in [0.1, 0.15) is 0 Å². The summed E-state index contributed by atoms with van der Waals surface area (Å²) in [6.45, 7) is 19.7. The van der Waals surface area contributed by atoms with Crippen molar-refractivity contribution < 1.29 is 23.3 Å². The van der Waals surface area contributed by atoms with Gasteiger partial charge in [-0.15, -0.1) is 37.7 Å². The van der Waals surface area contributed by atoms with Crippen molar-refractivity contribution >= 4 is 31.7 Å². The number of hydrogen-bond acceptors (Lipinski definition) is 0. The Bertz CT molecular complexity index is 630. The van der Waals surface area contributed by atoms with E-state index in [1.807, 2.05) is 37.2 Å². The van der Waals surface area contributed by atoms with E-state index >= 15 is 0 Å². The van der Waals surface area contributed by atoms with E-state index in [0.717, 1.165) is 12.8 Å². The maximum absolute atomic E-state index is 3.30. The number of benzene rings is 1. The molecule has 0 bridgehead atoms. The molecule has 0 saturated heterocycles. The molecular formula is C27H42Cl2SiZr-4. The zero-order chi connectivity index (χ0) is 21.8. The van der Waals surface area contributed by atoms with Crippen LogP contribution in [0.1, 0.15) is 68.2 Å². The van der Waals surface area contributed by atoms with Crippen LogP contribution >= 0.6 is 24.8 Å². The molecule has 0 aromatic heterocycles. The maximum Gasteiger partial charge on any atom is -0.171 e. The van der Waals surface area contributed by atoms with E-state index < -0.39 is 0 Å². The van der Waals surface area contributed by atoms with Crippen LogP contribution in [0.2, 0.25) is 0 Å². The Hall–Kier alpha value is -0.140. The van der Waals surface area contributed by atoms with Crippen LogP contribution in [0.3, 0.4) is 0 Å². The van der Waals surface area contributed by atoms with E-state index in [2.05, 4.69) is 85.8 Å². The van der Waals surface area contributed by atoms with Crippen LogP contribution < -0.4 is 0 Å². The molecule has 176 valence electrons. The summed E-state index contributed by atoms with van der Waals surface area (Å²) in [4.78, 5) is 0. The van der Waals surface area contributed by atoms with Gasteiger partial charge in [-0.2, -0.15) is 47.5 Å². The zero-order valence-corrected chi connectivity index (χ0v) is 26.5. The molecule has 4 heteroatoms. The first kappa shape index (κ1) is 38.1. The van der Waals surface area contributed by atoms with Crippen LogP contribution in [0.5, 0.6) is 0 Å². The molecule has 0 aliphatic heterocycles. The number of rotatable bonds is 0. The average molecular weight is 557 g/mol. The van der Waals surface area contributed by atoms with Crippen molar-refractivity contribution in [2.45, 2.75) is 68.2 Å². The standard InChI is InChI=1S/2C10H15.C6H5.CH3.2ClH.H2Si.Zr/c2*1-8-5-6-9(7-8)10(2,3)4;1-2-4-6-5-3-1;;;;;/h2*7H,6H2,1-4H3;1-5H;1H3;2*1H;1H2;/q4*-1;;;;. The fourth-order valence-corrected chi connectivity index (χ4v) is 2.50. The maximum atomic E-state index is 3.30. The summed E-state index contributed by atoms with van der Waals surface area (Å²) in [5.74, 6) is 0. The van der Waals surface area contributed by atoms with Crippen LogP contribution in [0.15, 0.2) is 64.8 Å². The van der Waals surface area contributed by atoms with Gasteiger partial charge in [0.2, 0.25) is 0 Å². The first-order chi connectivity index (χ1) is 13.0. The quantitative estimate of drug-likeness (QED) is 0.224. The topological polar surface area (TPSA) is 0 Å². The van der Waals surface area contributed by atoms with E-state index in [-0.39, 0.29) is 32.2 Å². The predicted molar refractivity (Wildman–Crippen MR) is 144 cm³/mol. The predicted octanol–water partition coefficient (Wildman–Crippen LogP) is 8.09. The molecule has 0 amide bonds. The number of halogens is 2. The Morgan fingerprint density at radius 2 is 1.03 bits per heavy atom. The number of hydrogen-bond donors (Lipinski definition) is 0. The SMILES string of the molecule is CC1=[C-]CC(C(C)(C)C)=C1.CC1=[C-]CC(C(C)(C)C)=C1.Cl.Cl.[CH3-].[SiH2]=[Zr].[c-]1ccccc1. The third kappa shape index (κ3) is 18.0. The largest absolute Gasteiger partial charge is 0.184 e. The summed E-state index contributed by atoms with van der Waals surface area (Å²) in [5, 5.41) is 0. The molecule has 0 atom stereocenters. The van der Waals surface area contributed by atoms with Crippen molar-refractivity contribution in [2.75, 3.05) is 0 Å². The Labute approximate surface area is 223 Å². The molecule has 0 spiro atoms. The first-order valence-electron chi connectivity index (χ1n) is 9.83. The molecule has 0 N–H and O–H groups in total. The van der Waals surface area contributed by atoms with Crippen molar-refractivity contribution in [1.82, 2.24) is 0 Å². The number of allylic oxidation sites excluding steroid dienone is 8. The first-order valence-corrected chi connectivity index (χ1v) is 15.8. The average Bonchev–Trinajstić information content (AvgIpc) is 3.27. The Morgan fingerprint density at radius 1 is 0.710 bits per heavy atom. The van der Waals surface area contributed by atoms with Gasteiger partial charge >= 0.3 is 30.2 Å². The Kier molecular flexibility index (Phi) is 23.8. The van der Waals surface area contributed by atoms with Gasteiger partial charge in [-0.05, 0) is 10.8 Å². The third-order valence-electron chi connectivity index (χ3n) is 4.43. The van der Waals surface area contributed by atoms with Crippen molar-refractivity contribution in [1.29, 1.82) is 0 Å². The van der Waals surface area contributed by atoms with Gasteiger partial charge < -0.3 is 7.43 Å². The summed E-state index contributed by atoms with van der Waals surface area (Å²) in [6, 6.07) is 12.5. The van der Waals surface area contributed by atoms with E-state index in [0.29, 0.717) is 10.8 Å². The van der Waals surface area contributed by atoms with Crippen molar-refractivity contribution in [3.63, 3.8) is 0 Å². The minimum absolute atomic E-state index is 0. The molecular weight excluding hydrogens is 515 g/mol. The van der Waals surface area contributed by atoms with Gasteiger partial charge in [-0.3, -0.25) is 12.2 Å². The van der Waals surface area contributed by atoms with Crippen LogP contribution in [0.25, 0.3) is 0 Å². The molecule has 0 nitrogen and oxygen atoms in total. The summed E-state index contributed by atoms with van der Waals surface area (Å²) >= 11 is 1.58. The summed E-state index contributed by atoms with van der Waals surface area (Å²) in [7, 11) is 0. The minimum atomic E-state index is 0. The summed E-state index contributed by atoms with van der Waals surface area (Å²) in [6.07, 6.45) is 13.2. The third-order valence-corrected chi connectivity index (χ3v) is 4.43. The van der Waals surface area contributed by atoms with Gasteiger partial charge in [0.05, 0.1) is 0 Å². The zero-order valence-electron chi connectivity index (χ0n) is 21.0. The van der Waals surface area contributed by atoms with Crippen molar-refractivity contribution in [2.24, 2.45) is 10.8 Å². The second-order valence-corrected chi connectivity index (χ2v) is 8.99. The molecule has 0 radical (unpaired) electrons. The molecule has 31 heavy (non-hydrogen) atoms. The van der Waals surface area contributed by atoms with Crippen LogP contribution in [-0.2, 0) is 23.3 Å². The van der Waals surface area contributed by atoms with E-state index in [4.69, 9.17) is 0 Å². The molecule has 2 aliphatic rings. The van der Waals surface area contributed by atoms with Gasteiger partial charge in [-0.1, -0.05) is 55.4 Å². The van der Waals surface area contributed by atoms with E-state index in [1.54, 1.807) is 23.3 Å². The molecule has 0 heterocycles. The van der Waals surface area contributed by atoms with Gasteiger partial charge in [-0.25, -0.2) is 23.3 Å². The monoisotopic (exact) mass is 554 g/mol. The molecule has 1 aromatic carbocycles. The molecule has 2 aliphatic carbocycles. The van der Waals surface area contributed by atoms with E-state index in [9.17, 15) is 0 Å². The van der Waals surface area contributed by atoms with Crippen molar-refractivity contribution in [3.05, 3.63) is 90.4 Å². The second kappa shape index (κ2) is 19.3. The Morgan fingerprint density at radius 3 is 1.13 bits per heavy atom. The Balaban J connectivity index is -0.000000166. The molecule has 0 fully saturated rings. The van der Waals surface area contributed by atoms with E-state index in [1.165, 1.54) is 22.3 Å². The van der Waals surface area contributed by atoms with Crippen LogP contribution in [0.4, 0.5) is 0 Å². The molecule has 0 saturated carbocycles. The second-order valence-electron chi connectivity index (χ2n) is 8.99. The molecule has 1 aromatic rings. The fraction of sp³-hybridized carbons (Fsp3) is 0.444. The summed E-state index contributed by atoms with van der Waals surface area (Å²) in [5.41, 5.74) is 6.28. The fourth-order valence-electron chi connectivity index (χ4n) is 2.50. The molecule has 3 rings (SSSR count).